The monoisotopic (exact) mass is 241 g/mol. The summed E-state index contributed by atoms with van der Waals surface area (Å²) in [4.78, 5) is 8.51. The van der Waals surface area contributed by atoms with Gasteiger partial charge in [0.2, 0.25) is 0 Å². The Kier molecular flexibility index (Phi) is 2.53. The summed E-state index contributed by atoms with van der Waals surface area (Å²) in [6.07, 6.45) is 3.27. The second kappa shape index (κ2) is 4.33. The molecular formula is C12H11N5O. The maximum atomic E-state index is 5.25. The molecule has 6 nitrogen and oxygen atoms in total. The Morgan fingerprint density at radius 1 is 1.28 bits per heavy atom. The fourth-order valence-corrected chi connectivity index (χ4v) is 1.57. The first-order chi connectivity index (χ1) is 8.81. The van der Waals surface area contributed by atoms with Crippen LogP contribution in [0.1, 0.15) is 5.69 Å². The van der Waals surface area contributed by atoms with Gasteiger partial charge in [-0.15, -0.1) is 0 Å². The first-order valence-corrected chi connectivity index (χ1v) is 5.47. The van der Waals surface area contributed by atoms with E-state index in [2.05, 4.69) is 25.5 Å². The van der Waals surface area contributed by atoms with Gasteiger partial charge in [-0.2, -0.15) is 5.10 Å². The number of hydrogen-bond donors (Lipinski definition) is 2. The lowest BCUT2D eigenvalue weighted by Gasteiger charge is -2.02. The normalized spacial score (nSPS) is 10.5. The number of furan rings is 1. The first-order valence-electron chi connectivity index (χ1n) is 5.47. The Balaban J connectivity index is 1.87. The first kappa shape index (κ1) is 10.5. The fraction of sp³-hybridized carbons (Fsp3) is 0.0833. The summed E-state index contributed by atoms with van der Waals surface area (Å²) < 4.78 is 5.25. The summed E-state index contributed by atoms with van der Waals surface area (Å²) in [6, 6.07) is 7.29. The number of rotatable bonds is 3. The summed E-state index contributed by atoms with van der Waals surface area (Å²) in [5, 5.41) is 10.0. The van der Waals surface area contributed by atoms with Crippen molar-refractivity contribution in [1.82, 2.24) is 20.2 Å². The number of aromatic nitrogens is 4. The Morgan fingerprint density at radius 3 is 2.94 bits per heavy atom. The highest BCUT2D eigenvalue weighted by molar-refractivity contribution is 5.55. The molecule has 0 aliphatic carbocycles. The lowest BCUT2D eigenvalue weighted by atomic mass is 10.4. The molecule has 0 saturated carbocycles. The van der Waals surface area contributed by atoms with E-state index in [4.69, 9.17) is 4.42 Å². The van der Waals surface area contributed by atoms with Gasteiger partial charge in [0.25, 0.3) is 0 Å². The van der Waals surface area contributed by atoms with Gasteiger partial charge >= 0.3 is 0 Å². The van der Waals surface area contributed by atoms with Crippen molar-refractivity contribution in [2.24, 2.45) is 0 Å². The van der Waals surface area contributed by atoms with Crippen molar-refractivity contribution in [2.45, 2.75) is 6.92 Å². The SMILES string of the molecule is Cc1cc(Nc2ccnc(-c3ccco3)n2)n[nH]1. The zero-order valence-corrected chi connectivity index (χ0v) is 9.71. The molecule has 0 unspecified atom stereocenters. The van der Waals surface area contributed by atoms with Crippen molar-refractivity contribution < 1.29 is 4.42 Å². The largest absolute Gasteiger partial charge is 0.461 e. The van der Waals surface area contributed by atoms with E-state index in [1.807, 2.05) is 19.1 Å². The van der Waals surface area contributed by atoms with Crippen LogP contribution < -0.4 is 5.32 Å². The van der Waals surface area contributed by atoms with Gasteiger partial charge in [0.15, 0.2) is 17.4 Å². The third kappa shape index (κ3) is 2.08. The molecule has 0 aliphatic heterocycles. The highest BCUT2D eigenvalue weighted by Gasteiger charge is 2.06. The molecule has 3 heterocycles. The van der Waals surface area contributed by atoms with Crippen LogP contribution in [0.15, 0.2) is 41.1 Å². The molecule has 90 valence electrons. The van der Waals surface area contributed by atoms with Crippen LogP contribution in [0.2, 0.25) is 0 Å². The van der Waals surface area contributed by atoms with Crippen molar-refractivity contribution >= 4 is 11.6 Å². The Morgan fingerprint density at radius 2 is 2.22 bits per heavy atom. The van der Waals surface area contributed by atoms with E-state index in [0.717, 1.165) is 11.5 Å². The Labute approximate surface area is 103 Å². The van der Waals surface area contributed by atoms with Gasteiger partial charge in [-0.1, -0.05) is 0 Å². The maximum Gasteiger partial charge on any atom is 0.197 e. The molecular weight excluding hydrogens is 230 g/mol. The molecule has 0 aliphatic rings. The van der Waals surface area contributed by atoms with Crippen molar-refractivity contribution in [3.05, 3.63) is 42.4 Å². The molecule has 0 fully saturated rings. The Hall–Kier alpha value is -2.63. The van der Waals surface area contributed by atoms with E-state index in [-0.39, 0.29) is 0 Å². The van der Waals surface area contributed by atoms with Crippen molar-refractivity contribution in [2.75, 3.05) is 5.32 Å². The van der Waals surface area contributed by atoms with Gasteiger partial charge in [-0.3, -0.25) is 5.10 Å². The van der Waals surface area contributed by atoms with Gasteiger partial charge in [0.05, 0.1) is 6.26 Å². The second-order valence-electron chi connectivity index (χ2n) is 3.80. The van der Waals surface area contributed by atoms with Crippen LogP contribution in [0.3, 0.4) is 0 Å². The third-order valence-electron chi connectivity index (χ3n) is 2.36. The molecule has 18 heavy (non-hydrogen) atoms. The van der Waals surface area contributed by atoms with Gasteiger partial charge in [0, 0.05) is 18.0 Å². The molecule has 0 aromatic carbocycles. The lowest BCUT2D eigenvalue weighted by molar-refractivity contribution is 0.577. The number of anilines is 2. The van der Waals surface area contributed by atoms with Gasteiger partial charge < -0.3 is 9.73 Å². The second-order valence-corrected chi connectivity index (χ2v) is 3.80. The van der Waals surface area contributed by atoms with E-state index < -0.39 is 0 Å². The molecule has 0 amide bonds. The quantitative estimate of drug-likeness (QED) is 0.736. The van der Waals surface area contributed by atoms with E-state index in [9.17, 15) is 0 Å². The number of H-pyrrole nitrogens is 1. The van der Waals surface area contributed by atoms with Gasteiger partial charge in [-0.25, -0.2) is 9.97 Å². The third-order valence-corrected chi connectivity index (χ3v) is 2.36. The molecule has 0 atom stereocenters. The number of aromatic amines is 1. The number of aryl methyl sites for hydroxylation is 1. The van der Waals surface area contributed by atoms with Crippen LogP contribution in [-0.2, 0) is 0 Å². The van der Waals surface area contributed by atoms with Crippen LogP contribution in [0, 0.1) is 6.92 Å². The van der Waals surface area contributed by atoms with Crippen LogP contribution in [0.4, 0.5) is 11.6 Å². The summed E-state index contributed by atoms with van der Waals surface area (Å²) in [5.74, 6) is 2.56. The zero-order valence-electron chi connectivity index (χ0n) is 9.71. The minimum atomic E-state index is 0.539. The summed E-state index contributed by atoms with van der Waals surface area (Å²) in [5.41, 5.74) is 0.984. The molecule has 6 heteroatoms. The number of hydrogen-bond acceptors (Lipinski definition) is 5. The maximum absolute atomic E-state index is 5.25. The van der Waals surface area contributed by atoms with Crippen LogP contribution >= 0.6 is 0 Å². The summed E-state index contributed by atoms with van der Waals surface area (Å²) >= 11 is 0. The lowest BCUT2D eigenvalue weighted by Crippen LogP contribution is -1.96. The van der Waals surface area contributed by atoms with E-state index in [0.29, 0.717) is 17.4 Å². The molecule has 0 bridgehead atoms. The smallest absolute Gasteiger partial charge is 0.197 e. The Bertz CT molecular complexity index is 644. The van der Waals surface area contributed by atoms with Crippen molar-refractivity contribution in [1.29, 1.82) is 0 Å². The molecule has 2 N–H and O–H groups in total. The van der Waals surface area contributed by atoms with E-state index in [1.165, 1.54) is 0 Å². The van der Waals surface area contributed by atoms with Crippen LogP contribution in [0.5, 0.6) is 0 Å². The van der Waals surface area contributed by atoms with Crippen LogP contribution in [0.25, 0.3) is 11.6 Å². The zero-order chi connectivity index (χ0) is 12.4. The summed E-state index contributed by atoms with van der Waals surface area (Å²) in [7, 11) is 0. The standard InChI is InChI=1S/C12H11N5O/c1-8-7-11(17-16-8)14-10-4-5-13-12(15-10)9-3-2-6-18-9/h2-7H,1H3,(H2,13,14,15,16,17). The predicted octanol–water partition coefficient (Wildman–Crippen LogP) is 2.51. The van der Waals surface area contributed by atoms with Crippen molar-refractivity contribution in [3.8, 4) is 11.6 Å². The highest BCUT2D eigenvalue weighted by Crippen LogP contribution is 2.18. The highest BCUT2D eigenvalue weighted by atomic mass is 16.3. The number of nitrogens with zero attached hydrogens (tertiary/aromatic N) is 3. The molecule has 0 saturated heterocycles. The number of nitrogens with one attached hydrogen (secondary N) is 2. The topological polar surface area (TPSA) is 79.6 Å². The van der Waals surface area contributed by atoms with E-state index in [1.54, 1.807) is 24.6 Å². The van der Waals surface area contributed by atoms with E-state index >= 15 is 0 Å². The molecule has 3 aromatic rings. The summed E-state index contributed by atoms with van der Waals surface area (Å²) in [6.45, 7) is 1.94. The van der Waals surface area contributed by atoms with Crippen molar-refractivity contribution in [3.63, 3.8) is 0 Å². The minimum Gasteiger partial charge on any atom is -0.461 e. The predicted molar refractivity (Wildman–Crippen MR) is 66.3 cm³/mol. The van der Waals surface area contributed by atoms with Gasteiger partial charge in [-0.05, 0) is 25.1 Å². The van der Waals surface area contributed by atoms with Gasteiger partial charge in [0.1, 0.15) is 5.82 Å². The molecule has 3 rings (SSSR count). The average Bonchev–Trinajstić information content (AvgIpc) is 3.01. The molecule has 0 spiro atoms. The fourth-order valence-electron chi connectivity index (χ4n) is 1.57. The van der Waals surface area contributed by atoms with Crippen LogP contribution in [-0.4, -0.2) is 20.2 Å². The molecule has 3 aromatic heterocycles. The minimum absolute atomic E-state index is 0.539. The molecule has 0 radical (unpaired) electrons. The average molecular weight is 241 g/mol.